The van der Waals surface area contributed by atoms with Gasteiger partial charge in [-0.25, -0.2) is 0 Å². The molecule has 0 saturated heterocycles. The molecule has 0 radical (unpaired) electrons. The minimum atomic E-state index is -0.0806. The van der Waals surface area contributed by atoms with E-state index < -0.39 is 0 Å². The monoisotopic (exact) mass is 367 g/mol. The number of thiophene rings is 1. The van der Waals surface area contributed by atoms with Crippen LogP contribution < -0.4 is 5.32 Å². The van der Waals surface area contributed by atoms with Crippen LogP contribution in [0.25, 0.3) is 5.00 Å². The number of nitrogens with one attached hydrogen (secondary N) is 1. The topological polar surface area (TPSA) is 72.7 Å². The first-order chi connectivity index (χ1) is 12.6. The lowest BCUT2D eigenvalue weighted by molar-refractivity contribution is 0.102. The van der Waals surface area contributed by atoms with Gasteiger partial charge in [-0.3, -0.25) is 4.79 Å². The van der Waals surface area contributed by atoms with Gasteiger partial charge in [-0.05, 0) is 59.2 Å². The highest BCUT2D eigenvalue weighted by Gasteiger charge is 2.27. The van der Waals surface area contributed by atoms with Crippen LogP contribution >= 0.6 is 11.3 Å². The predicted molar refractivity (Wildman–Crippen MR) is 102 cm³/mol. The van der Waals surface area contributed by atoms with E-state index in [4.69, 9.17) is 0 Å². The van der Waals surface area contributed by atoms with Crippen molar-refractivity contribution in [1.29, 1.82) is 0 Å². The molecule has 1 aliphatic rings. The number of rotatable bonds is 4. The average molecular weight is 367 g/mol. The van der Waals surface area contributed by atoms with E-state index in [-0.39, 0.29) is 5.91 Å². The highest BCUT2D eigenvalue weighted by molar-refractivity contribution is 7.15. The Morgan fingerprint density at radius 2 is 2.04 bits per heavy atom. The largest absolute Gasteiger partial charge is 0.322 e. The molecule has 1 amide bonds. The molecular weight excluding hydrogens is 346 g/mol. The molecule has 7 heteroatoms. The number of hydrogen-bond acceptors (Lipinski definition) is 5. The maximum absolute atomic E-state index is 13.3. The standard InChI is InChI=1S/C19H21N5OS/c1-12(2)13-7-3-5-9-15(13)21-18(25)17-14-8-4-6-10-16(14)26-19(17)24-11-20-22-23-24/h3,5,7,9,11-12H,4,6,8,10H2,1-2H3,(H,21,25). The second-order valence-corrected chi connectivity index (χ2v) is 7.93. The van der Waals surface area contributed by atoms with Gasteiger partial charge >= 0.3 is 0 Å². The Kier molecular flexibility index (Phi) is 4.55. The van der Waals surface area contributed by atoms with E-state index in [1.807, 2.05) is 18.2 Å². The summed E-state index contributed by atoms with van der Waals surface area (Å²) in [6.07, 6.45) is 5.78. The van der Waals surface area contributed by atoms with Gasteiger partial charge in [-0.2, -0.15) is 4.68 Å². The number of para-hydroxylation sites is 1. The Morgan fingerprint density at radius 1 is 1.23 bits per heavy atom. The summed E-state index contributed by atoms with van der Waals surface area (Å²) in [6.45, 7) is 4.26. The average Bonchev–Trinajstić information content (AvgIpc) is 3.29. The Labute approximate surface area is 156 Å². The molecule has 0 atom stereocenters. The molecule has 4 rings (SSSR count). The fraction of sp³-hybridized carbons (Fsp3) is 0.368. The molecule has 0 bridgehead atoms. The first kappa shape index (κ1) is 16.9. The number of nitrogens with zero attached hydrogens (tertiary/aromatic N) is 4. The minimum absolute atomic E-state index is 0.0806. The summed E-state index contributed by atoms with van der Waals surface area (Å²) in [6, 6.07) is 7.98. The van der Waals surface area contributed by atoms with Crippen molar-refractivity contribution in [1.82, 2.24) is 20.2 Å². The molecule has 1 aliphatic carbocycles. The summed E-state index contributed by atoms with van der Waals surface area (Å²) in [7, 11) is 0. The lowest BCUT2D eigenvalue weighted by Gasteiger charge is -2.16. The molecule has 6 nitrogen and oxygen atoms in total. The van der Waals surface area contributed by atoms with E-state index in [1.165, 1.54) is 11.3 Å². The van der Waals surface area contributed by atoms with E-state index in [0.29, 0.717) is 5.92 Å². The van der Waals surface area contributed by atoms with Crippen LogP contribution in [-0.4, -0.2) is 26.1 Å². The Morgan fingerprint density at radius 3 is 2.81 bits per heavy atom. The van der Waals surface area contributed by atoms with Crippen LogP contribution in [0.3, 0.4) is 0 Å². The summed E-state index contributed by atoms with van der Waals surface area (Å²) >= 11 is 1.63. The molecule has 0 aliphatic heterocycles. The van der Waals surface area contributed by atoms with Crippen LogP contribution in [0, 0.1) is 0 Å². The lowest BCUT2D eigenvalue weighted by atomic mass is 9.95. The maximum atomic E-state index is 13.3. The molecule has 134 valence electrons. The number of aromatic nitrogens is 4. The molecule has 0 unspecified atom stereocenters. The van der Waals surface area contributed by atoms with Gasteiger partial charge in [0, 0.05) is 10.6 Å². The minimum Gasteiger partial charge on any atom is -0.322 e. The third kappa shape index (κ3) is 3.03. The van der Waals surface area contributed by atoms with Gasteiger partial charge in [-0.15, -0.1) is 16.4 Å². The highest BCUT2D eigenvalue weighted by Crippen LogP contribution is 2.37. The Balaban J connectivity index is 1.75. The number of aryl methyl sites for hydroxylation is 1. The van der Waals surface area contributed by atoms with Crippen molar-refractivity contribution in [2.45, 2.75) is 45.4 Å². The predicted octanol–water partition coefficient (Wildman–Crippen LogP) is 3.98. The number of tetrazole rings is 1. The Bertz CT molecular complexity index is 930. The number of amides is 1. The third-order valence-corrected chi connectivity index (χ3v) is 6.05. The van der Waals surface area contributed by atoms with Crippen molar-refractivity contribution < 1.29 is 4.79 Å². The SMILES string of the molecule is CC(C)c1ccccc1NC(=O)c1c(-n2cnnn2)sc2c1CCCC2. The Hall–Kier alpha value is -2.54. The number of hydrogen-bond donors (Lipinski definition) is 1. The van der Waals surface area contributed by atoms with Crippen molar-refractivity contribution in [2.75, 3.05) is 5.32 Å². The molecule has 26 heavy (non-hydrogen) atoms. The van der Waals surface area contributed by atoms with Crippen LogP contribution in [0.15, 0.2) is 30.6 Å². The van der Waals surface area contributed by atoms with Crippen LogP contribution in [0.2, 0.25) is 0 Å². The second kappa shape index (κ2) is 6.99. The zero-order valence-corrected chi connectivity index (χ0v) is 15.7. The molecular formula is C19H21N5OS. The van der Waals surface area contributed by atoms with Crippen molar-refractivity contribution in [3.05, 3.63) is 52.2 Å². The molecule has 1 aromatic carbocycles. The fourth-order valence-corrected chi connectivity index (χ4v) is 4.80. The van der Waals surface area contributed by atoms with Crippen molar-refractivity contribution in [3.63, 3.8) is 0 Å². The molecule has 1 N–H and O–H groups in total. The van der Waals surface area contributed by atoms with E-state index in [9.17, 15) is 4.79 Å². The van der Waals surface area contributed by atoms with Gasteiger partial charge < -0.3 is 5.32 Å². The fourth-order valence-electron chi connectivity index (χ4n) is 3.50. The zero-order chi connectivity index (χ0) is 18.1. The maximum Gasteiger partial charge on any atom is 0.259 e. The van der Waals surface area contributed by atoms with Gasteiger partial charge in [0.2, 0.25) is 0 Å². The lowest BCUT2D eigenvalue weighted by Crippen LogP contribution is -2.18. The number of fused-ring (bicyclic) bond motifs is 1. The highest BCUT2D eigenvalue weighted by atomic mass is 32.1. The molecule has 0 fully saturated rings. The third-order valence-electron chi connectivity index (χ3n) is 4.77. The van der Waals surface area contributed by atoms with Crippen LogP contribution in [0.1, 0.15) is 59.0 Å². The van der Waals surface area contributed by atoms with E-state index in [1.54, 1.807) is 22.3 Å². The van der Waals surface area contributed by atoms with E-state index >= 15 is 0 Å². The van der Waals surface area contributed by atoms with Gasteiger partial charge in [0.1, 0.15) is 11.3 Å². The van der Waals surface area contributed by atoms with Gasteiger partial charge in [0.25, 0.3) is 5.91 Å². The van der Waals surface area contributed by atoms with Crippen LogP contribution in [0.4, 0.5) is 5.69 Å². The van der Waals surface area contributed by atoms with Gasteiger partial charge in [0.15, 0.2) is 0 Å². The second-order valence-electron chi connectivity index (χ2n) is 6.84. The van der Waals surface area contributed by atoms with E-state index in [2.05, 4.69) is 40.8 Å². The molecule has 2 aromatic heterocycles. The number of carbonyl (C=O) groups excluding carboxylic acids is 1. The number of anilines is 1. The van der Waals surface area contributed by atoms with E-state index in [0.717, 1.165) is 46.6 Å². The van der Waals surface area contributed by atoms with Gasteiger partial charge in [-0.1, -0.05) is 32.0 Å². The molecule has 0 saturated carbocycles. The smallest absolute Gasteiger partial charge is 0.259 e. The first-order valence-corrected chi connectivity index (χ1v) is 9.75. The summed E-state index contributed by atoms with van der Waals surface area (Å²) in [5.41, 5.74) is 3.88. The van der Waals surface area contributed by atoms with Crippen molar-refractivity contribution in [2.24, 2.45) is 0 Å². The number of benzene rings is 1. The summed E-state index contributed by atoms with van der Waals surface area (Å²) < 4.78 is 1.60. The van der Waals surface area contributed by atoms with Crippen LogP contribution in [0.5, 0.6) is 0 Å². The first-order valence-electron chi connectivity index (χ1n) is 8.93. The number of carbonyl (C=O) groups is 1. The van der Waals surface area contributed by atoms with Gasteiger partial charge in [0.05, 0.1) is 5.56 Å². The molecule has 3 aromatic rings. The molecule has 0 spiro atoms. The normalized spacial score (nSPS) is 13.7. The van der Waals surface area contributed by atoms with Crippen molar-refractivity contribution in [3.8, 4) is 5.00 Å². The summed E-state index contributed by atoms with van der Waals surface area (Å²) in [4.78, 5) is 14.5. The summed E-state index contributed by atoms with van der Waals surface area (Å²) in [5.74, 6) is 0.255. The zero-order valence-electron chi connectivity index (χ0n) is 14.9. The van der Waals surface area contributed by atoms with Crippen LogP contribution in [-0.2, 0) is 12.8 Å². The quantitative estimate of drug-likeness (QED) is 0.757. The summed E-state index contributed by atoms with van der Waals surface area (Å²) in [5, 5.41) is 15.4. The molecule has 2 heterocycles. The van der Waals surface area contributed by atoms with Crippen molar-refractivity contribution >= 4 is 22.9 Å².